The summed E-state index contributed by atoms with van der Waals surface area (Å²) in [6.07, 6.45) is 0. The van der Waals surface area contributed by atoms with Gasteiger partial charge < -0.3 is 8.80 Å². The summed E-state index contributed by atoms with van der Waals surface area (Å²) in [6.45, 7) is 0. The Labute approximate surface area is 250 Å². The molecular weight excluding hydrogens is 532 g/mol. The van der Waals surface area contributed by atoms with E-state index in [0.29, 0.717) is 0 Å². The summed E-state index contributed by atoms with van der Waals surface area (Å²) >= 11 is 0. The maximum Gasteiger partial charge on any atom is 0.0621 e. The van der Waals surface area contributed by atoms with Gasteiger partial charge in [-0.25, -0.2) is 0 Å². The zero-order valence-corrected chi connectivity index (χ0v) is 23.6. The number of benzene rings is 7. The molecule has 0 aliphatic carbocycles. The van der Waals surface area contributed by atoms with Gasteiger partial charge in [-0.05, 0) is 64.7 Å². The van der Waals surface area contributed by atoms with Crippen molar-refractivity contribution in [1.82, 2.24) is 8.80 Å². The standard InChI is InChI=1S/C42H22N2/c1-2-8-23(9-3-1)25-19-33-30-13-7-14-31-34-21-26(22-36-35(20-25)41(33)44(40(30)31)42(34)36)24-16-17-38-32(18-24)29-12-6-11-28-27-10-4-5-15-37(27)43(38)39(28)29/h1-22H. The largest absolute Gasteiger partial charge is 0.308 e. The first kappa shape index (κ1) is 21.8. The van der Waals surface area contributed by atoms with E-state index in [-0.39, 0.29) is 0 Å². The van der Waals surface area contributed by atoms with Gasteiger partial charge in [0.25, 0.3) is 0 Å². The van der Waals surface area contributed by atoms with Gasteiger partial charge in [-0.3, -0.25) is 0 Å². The lowest BCUT2D eigenvalue weighted by Crippen LogP contribution is -1.83. The number of nitrogens with zero attached hydrogens (tertiary/aromatic N) is 2. The SMILES string of the molecule is c1ccc(-c2cc3c4cccc5c6cc(-c7ccc8c(c7)c7cccc9c%10ccccc%10n8c97)cc7c(c2)c3n(c45)c67)cc1. The summed E-state index contributed by atoms with van der Waals surface area (Å²) in [5, 5.41) is 13.4. The minimum absolute atomic E-state index is 1.26. The number of hydrogen-bond donors (Lipinski definition) is 0. The van der Waals surface area contributed by atoms with Crippen molar-refractivity contribution in [2.24, 2.45) is 0 Å². The molecule has 0 spiro atoms. The quantitative estimate of drug-likeness (QED) is 0.201. The highest BCUT2D eigenvalue weighted by molar-refractivity contribution is 6.35. The number of rotatable bonds is 2. The van der Waals surface area contributed by atoms with Gasteiger partial charge in [-0.15, -0.1) is 0 Å². The van der Waals surface area contributed by atoms with Crippen molar-refractivity contribution in [3.63, 3.8) is 0 Å². The molecule has 5 heterocycles. The molecule has 0 aliphatic rings. The Hall–Kier alpha value is -5.86. The van der Waals surface area contributed by atoms with Crippen LogP contribution in [-0.4, -0.2) is 8.80 Å². The zero-order valence-electron chi connectivity index (χ0n) is 23.6. The van der Waals surface area contributed by atoms with Crippen molar-refractivity contribution in [2.45, 2.75) is 0 Å². The molecule has 0 bridgehead atoms. The van der Waals surface area contributed by atoms with E-state index >= 15 is 0 Å². The van der Waals surface area contributed by atoms with Gasteiger partial charge in [0.05, 0.1) is 33.1 Å². The Morgan fingerprint density at radius 2 is 0.705 bits per heavy atom. The van der Waals surface area contributed by atoms with E-state index in [2.05, 4.69) is 142 Å². The molecule has 0 saturated heterocycles. The number of para-hydroxylation sites is 3. The van der Waals surface area contributed by atoms with E-state index in [1.54, 1.807) is 0 Å². The Bertz CT molecular complexity index is 3080. The second-order valence-corrected chi connectivity index (χ2v) is 12.5. The average molecular weight is 555 g/mol. The molecule has 12 aromatic rings. The first-order valence-electron chi connectivity index (χ1n) is 15.4. The molecule has 200 valence electrons. The van der Waals surface area contributed by atoms with E-state index in [4.69, 9.17) is 0 Å². The van der Waals surface area contributed by atoms with E-state index < -0.39 is 0 Å². The molecule has 44 heavy (non-hydrogen) atoms. The summed E-state index contributed by atoms with van der Waals surface area (Å²) in [5.74, 6) is 0. The van der Waals surface area contributed by atoms with E-state index in [9.17, 15) is 0 Å². The monoisotopic (exact) mass is 554 g/mol. The van der Waals surface area contributed by atoms with Crippen molar-refractivity contribution in [1.29, 1.82) is 0 Å². The molecule has 0 saturated carbocycles. The molecule has 0 amide bonds. The highest BCUT2D eigenvalue weighted by Crippen LogP contribution is 2.49. The van der Waals surface area contributed by atoms with Gasteiger partial charge in [-0.1, -0.05) is 91.0 Å². The van der Waals surface area contributed by atoms with Crippen LogP contribution in [0.15, 0.2) is 133 Å². The molecule has 0 atom stereocenters. The second kappa shape index (κ2) is 7.19. The minimum atomic E-state index is 1.26. The predicted molar refractivity (Wildman–Crippen MR) is 187 cm³/mol. The predicted octanol–water partition coefficient (Wildman–Crippen LogP) is 11.3. The fourth-order valence-electron chi connectivity index (χ4n) is 8.70. The smallest absolute Gasteiger partial charge is 0.0621 e. The Kier molecular flexibility index (Phi) is 3.56. The van der Waals surface area contributed by atoms with Crippen LogP contribution in [0.2, 0.25) is 0 Å². The fourth-order valence-corrected chi connectivity index (χ4v) is 8.70. The molecule has 0 fully saturated rings. The Morgan fingerprint density at radius 3 is 1.41 bits per heavy atom. The summed E-state index contributed by atoms with van der Waals surface area (Å²) in [6, 6.07) is 50.0. The third-order valence-electron chi connectivity index (χ3n) is 10.5. The van der Waals surface area contributed by atoms with Crippen molar-refractivity contribution in [3.05, 3.63) is 133 Å². The molecule has 0 aliphatic heterocycles. The van der Waals surface area contributed by atoms with E-state index in [0.717, 1.165) is 0 Å². The summed E-state index contributed by atoms with van der Waals surface area (Å²) < 4.78 is 5.00. The van der Waals surface area contributed by atoms with Crippen LogP contribution in [0.1, 0.15) is 0 Å². The molecule has 0 N–H and O–H groups in total. The zero-order chi connectivity index (χ0) is 28.3. The lowest BCUT2D eigenvalue weighted by atomic mass is 9.97. The van der Waals surface area contributed by atoms with Crippen molar-refractivity contribution < 1.29 is 0 Å². The fraction of sp³-hybridized carbons (Fsp3) is 0. The third-order valence-corrected chi connectivity index (χ3v) is 10.5. The number of hydrogen-bond acceptors (Lipinski definition) is 0. The molecule has 12 rings (SSSR count). The lowest BCUT2D eigenvalue weighted by Gasteiger charge is -2.06. The lowest BCUT2D eigenvalue weighted by molar-refractivity contribution is 1.37. The number of fused-ring (bicyclic) bond motifs is 9. The average Bonchev–Trinajstić information content (AvgIpc) is 3.87. The normalized spacial score (nSPS) is 13.0. The minimum Gasteiger partial charge on any atom is -0.308 e. The van der Waals surface area contributed by atoms with E-state index in [1.807, 2.05) is 0 Å². The first-order valence-corrected chi connectivity index (χ1v) is 15.4. The highest BCUT2D eigenvalue weighted by Gasteiger charge is 2.26. The maximum atomic E-state index is 2.54. The Morgan fingerprint density at radius 1 is 0.250 bits per heavy atom. The third kappa shape index (κ3) is 2.34. The van der Waals surface area contributed by atoms with Crippen LogP contribution < -0.4 is 0 Å². The topological polar surface area (TPSA) is 8.82 Å². The van der Waals surface area contributed by atoms with Crippen molar-refractivity contribution in [2.75, 3.05) is 0 Å². The van der Waals surface area contributed by atoms with Gasteiger partial charge in [0.15, 0.2) is 0 Å². The van der Waals surface area contributed by atoms with Crippen LogP contribution in [0.25, 0.3) is 109 Å². The van der Waals surface area contributed by atoms with E-state index in [1.165, 1.54) is 109 Å². The van der Waals surface area contributed by atoms with Gasteiger partial charge in [0.1, 0.15) is 0 Å². The van der Waals surface area contributed by atoms with Crippen LogP contribution in [-0.2, 0) is 0 Å². The number of aromatic nitrogens is 2. The molecule has 7 aromatic carbocycles. The second-order valence-electron chi connectivity index (χ2n) is 12.5. The molecule has 0 unspecified atom stereocenters. The highest BCUT2D eigenvalue weighted by atomic mass is 14.9. The first-order chi connectivity index (χ1) is 21.8. The van der Waals surface area contributed by atoms with Gasteiger partial charge in [0, 0.05) is 53.9 Å². The van der Waals surface area contributed by atoms with Crippen LogP contribution in [0.3, 0.4) is 0 Å². The summed E-state index contributed by atoms with van der Waals surface area (Å²) in [5.41, 5.74) is 13.0. The van der Waals surface area contributed by atoms with Gasteiger partial charge in [-0.2, -0.15) is 0 Å². The molecular formula is C42H22N2. The maximum absolute atomic E-state index is 2.54. The molecule has 5 aromatic heterocycles. The summed E-state index contributed by atoms with van der Waals surface area (Å²) in [7, 11) is 0. The van der Waals surface area contributed by atoms with Crippen LogP contribution in [0.4, 0.5) is 0 Å². The molecule has 2 nitrogen and oxygen atoms in total. The molecule has 2 heteroatoms. The van der Waals surface area contributed by atoms with Crippen LogP contribution in [0.5, 0.6) is 0 Å². The Balaban J connectivity index is 1.20. The van der Waals surface area contributed by atoms with Crippen LogP contribution >= 0.6 is 0 Å². The van der Waals surface area contributed by atoms with Gasteiger partial charge in [0.2, 0.25) is 0 Å². The van der Waals surface area contributed by atoms with Crippen molar-refractivity contribution in [3.8, 4) is 22.3 Å². The molecule has 0 radical (unpaired) electrons. The van der Waals surface area contributed by atoms with Crippen molar-refractivity contribution >= 4 is 87.0 Å². The van der Waals surface area contributed by atoms with Gasteiger partial charge >= 0.3 is 0 Å². The van der Waals surface area contributed by atoms with Crippen LogP contribution in [0, 0.1) is 0 Å². The summed E-state index contributed by atoms with van der Waals surface area (Å²) in [4.78, 5) is 0.